The van der Waals surface area contributed by atoms with Crippen molar-refractivity contribution in [3.8, 4) is 11.3 Å². The summed E-state index contributed by atoms with van der Waals surface area (Å²) < 4.78 is 1.92. The van der Waals surface area contributed by atoms with E-state index in [4.69, 9.17) is 5.10 Å². The Morgan fingerprint density at radius 2 is 1.67 bits per heavy atom. The van der Waals surface area contributed by atoms with Crippen LogP contribution >= 0.6 is 11.8 Å². The maximum absolute atomic E-state index is 4.89. The molecule has 0 saturated heterocycles. The Hall–Kier alpha value is -2.40. The van der Waals surface area contributed by atoms with Crippen molar-refractivity contribution < 1.29 is 0 Å². The SMILES string of the molecule is CCSCCc1nnc2c3ccccc3c(-c3ccccc3)nn12. The lowest BCUT2D eigenvalue weighted by Gasteiger charge is -2.08. The van der Waals surface area contributed by atoms with Crippen molar-refractivity contribution >= 4 is 28.2 Å². The standard InChI is InChI=1S/C19H18N4S/c1-2-24-13-12-17-20-21-19-16-11-7-6-10-15(16)18(22-23(17)19)14-8-4-3-5-9-14/h3-11H,2,12-13H2,1H3. The first-order valence-corrected chi connectivity index (χ1v) is 9.30. The van der Waals surface area contributed by atoms with Crippen LogP contribution in [0.4, 0.5) is 0 Å². The van der Waals surface area contributed by atoms with E-state index < -0.39 is 0 Å². The van der Waals surface area contributed by atoms with E-state index in [1.807, 2.05) is 46.6 Å². The molecule has 0 aliphatic rings. The van der Waals surface area contributed by atoms with Crippen molar-refractivity contribution in [2.24, 2.45) is 0 Å². The third-order valence-corrected chi connectivity index (χ3v) is 4.95. The van der Waals surface area contributed by atoms with Gasteiger partial charge in [-0.2, -0.15) is 21.4 Å². The molecule has 2 aromatic carbocycles. The van der Waals surface area contributed by atoms with E-state index in [-0.39, 0.29) is 0 Å². The van der Waals surface area contributed by atoms with Crippen molar-refractivity contribution in [2.75, 3.05) is 11.5 Å². The highest BCUT2D eigenvalue weighted by molar-refractivity contribution is 7.99. The number of hydrogen-bond donors (Lipinski definition) is 0. The summed E-state index contributed by atoms with van der Waals surface area (Å²) in [6.45, 7) is 2.17. The van der Waals surface area contributed by atoms with Crippen molar-refractivity contribution in [2.45, 2.75) is 13.3 Å². The van der Waals surface area contributed by atoms with Gasteiger partial charge in [0.25, 0.3) is 0 Å². The van der Waals surface area contributed by atoms with Gasteiger partial charge in [0.15, 0.2) is 11.5 Å². The Balaban J connectivity index is 1.94. The van der Waals surface area contributed by atoms with E-state index in [0.29, 0.717) is 0 Å². The maximum atomic E-state index is 4.89. The van der Waals surface area contributed by atoms with Gasteiger partial charge in [0.1, 0.15) is 0 Å². The molecule has 0 atom stereocenters. The van der Waals surface area contributed by atoms with Gasteiger partial charge in [0.05, 0.1) is 5.69 Å². The number of benzene rings is 2. The van der Waals surface area contributed by atoms with Crippen LogP contribution in [0.5, 0.6) is 0 Å². The predicted molar refractivity (Wildman–Crippen MR) is 100 cm³/mol. The Morgan fingerprint density at radius 3 is 2.46 bits per heavy atom. The topological polar surface area (TPSA) is 43.1 Å². The molecule has 4 nitrogen and oxygen atoms in total. The lowest BCUT2D eigenvalue weighted by molar-refractivity contribution is 0.834. The van der Waals surface area contributed by atoms with E-state index in [1.54, 1.807) is 0 Å². The van der Waals surface area contributed by atoms with Crippen molar-refractivity contribution in [1.82, 2.24) is 19.8 Å². The van der Waals surface area contributed by atoms with Gasteiger partial charge in [0, 0.05) is 28.5 Å². The zero-order valence-electron chi connectivity index (χ0n) is 13.5. The highest BCUT2D eigenvalue weighted by Crippen LogP contribution is 2.28. The van der Waals surface area contributed by atoms with Crippen LogP contribution in [-0.2, 0) is 6.42 Å². The molecule has 0 N–H and O–H groups in total. The minimum absolute atomic E-state index is 0.835. The average Bonchev–Trinajstić information content (AvgIpc) is 3.05. The number of nitrogens with zero attached hydrogens (tertiary/aromatic N) is 4. The van der Waals surface area contributed by atoms with Gasteiger partial charge < -0.3 is 0 Å². The Kier molecular flexibility index (Phi) is 4.17. The lowest BCUT2D eigenvalue weighted by Crippen LogP contribution is -2.03. The van der Waals surface area contributed by atoms with Gasteiger partial charge in [-0.3, -0.25) is 0 Å². The number of thioether (sulfide) groups is 1. The van der Waals surface area contributed by atoms with Crippen LogP contribution in [0.1, 0.15) is 12.7 Å². The second kappa shape index (κ2) is 6.61. The summed E-state index contributed by atoms with van der Waals surface area (Å²) in [5.41, 5.74) is 2.92. The minimum atomic E-state index is 0.835. The first-order chi connectivity index (χ1) is 11.9. The zero-order valence-corrected chi connectivity index (χ0v) is 14.3. The van der Waals surface area contributed by atoms with E-state index >= 15 is 0 Å². The summed E-state index contributed by atoms with van der Waals surface area (Å²) >= 11 is 1.91. The molecule has 24 heavy (non-hydrogen) atoms. The summed E-state index contributed by atoms with van der Waals surface area (Å²) in [6.07, 6.45) is 0.874. The number of aryl methyl sites for hydroxylation is 1. The molecule has 4 aromatic rings. The van der Waals surface area contributed by atoms with Crippen LogP contribution in [-0.4, -0.2) is 31.3 Å². The number of fused-ring (bicyclic) bond motifs is 3. The molecule has 5 heteroatoms. The van der Waals surface area contributed by atoms with Gasteiger partial charge in [0.2, 0.25) is 0 Å². The van der Waals surface area contributed by atoms with Gasteiger partial charge in [-0.05, 0) is 5.75 Å². The molecular formula is C19H18N4S. The molecule has 0 aliphatic heterocycles. The fraction of sp³-hybridized carbons (Fsp3) is 0.211. The van der Waals surface area contributed by atoms with E-state index in [2.05, 4.69) is 41.4 Å². The summed E-state index contributed by atoms with van der Waals surface area (Å²) in [4.78, 5) is 0. The van der Waals surface area contributed by atoms with Gasteiger partial charge in [-0.1, -0.05) is 61.5 Å². The molecule has 0 bridgehead atoms. The van der Waals surface area contributed by atoms with Crippen molar-refractivity contribution in [3.05, 3.63) is 60.4 Å². The van der Waals surface area contributed by atoms with Crippen LogP contribution in [0.15, 0.2) is 54.6 Å². The largest absolute Gasteiger partial charge is 0.196 e. The molecule has 0 aliphatic carbocycles. The average molecular weight is 334 g/mol. The van der Waals surface area contributed by atoms with Gasteiger partial charge in [-0.25, -0.2) is 0 Å². The van der Waals surface area contributed by atoms with Crippen molar-refractivity contribution in [3.63, 3.8) is 0 Å². The molecule has 0 saturated carbocycles. The second-order valence-corrected chi connectivity index (χ2v) is 6.95. The third-order valence-electron chi connectivity index (χ3n) is 4.05. The number of aromatic nitrogens is 4. The molecule has 0 amide bonds. The van der Waals surface area contributed by atoms with Crippen LogP contribution in [0.25, 0.3) is 27.7 Å². The Morgan fingerprint density at radius 1 is 0.917 bits per heavy atom. The quantitative estimate of drug-likeness (QED) is 0.512. The molecular weight excluding hydrogens is 316 g/mol. The molecule has 0 fully saturated rings. The summed E-state index contributed by atoms with van der Waals surface area (Å²) in [7, 11) is 0. The van der Waals surface area contributed by atoms with Crippen LogP contribution < -0.4 is 0 Å². The monoisotopic (exact) mass is 334 g/mol. The first kappa shape index (κ1) is 15.1. The Bertz CT molecular complexity index is 979. The highest BCUT2D eigenvalue weighted by Gasteiger charge is 2.14. The smallest absolute Gasteiger partial charge is 0.185 e. The molecule has 0 unspecified atom stereocenters. The fourth-order valence-corrected chi connectivity index (χ4v) is 3.51. The maximum Gasteiger partial charge on any atom is 0.185 e. The number of rotatable bonds is 5. The third kappa shape index (κ3) is 2.65. The molecule has 4 rings (SSSR count). The lowest BCUT2D eigenvalue weighted by atomic mass is 10.1. The first-order valence-electron chi connectivity index (χ1n) is 8.14. The minimum Gasteiger partial charge on any atom is -0.196 e. The molecule has 2 aromatic heterocycles. The normalized spacial score (nSPS) is 11.4. The molecule has 2 heterocycles. The summed E-state index contributed by atoms with van der Waals surface area (Å²) in [5, 5.41) is 15.9. The molecule has 120 valence electrons. The Labute approximate surface area is 144 Å². The van der Waals surface area contributed by atoms with Gasteiger partial charge in [-0.15, -0.1) is 10.2 Å². The van der Waals surface area contributed by atoms with Crippen LogP contribution in [0.3, 0.4) is 0 Å². The van der Waals surface area contributed by atoms with Crippen LogP contribution in [0, 0.1) is 0 Å². The molecule has 0 spiro atoms. The van der Waals surface area contributed by atoms with Crippen molar-refractivity contribution in [1.29, 1.82) is 0 Å². The summed E-state index contributed by atoms with van der Waals surface area (Å²) in [6, 6.07) is 18.6. The molecule has 0 radical (unpaired) electrons. The second-order valence-electron chi connectivity index (χ2n) is 5.56. The van der Waals surface area contributed by atoms with E-state index in [9.17, 15) is 0 Å². The zero-order chi connectivity index (χ0) is 16.4. The van der Waals surface area contributed by atoms with E-state index in [1.165, 1.54) is 0 Å². The summed E-state index contributed by atoms with van der Waals surface area (Å²) in [5.74, 6) is 3.07. The fourth-order valence-electron chi connectivity index (χ4n) is 2.90. The van der Waals surface area contributed by atoms with Crippen LogP contribution in [0.2, 0.25) is 0 Å². The van der Waals surface area contributed by atoms with Gasteiger partial charge >= 0.3 is 0 Å². The van der Waals surface area contributed by atoms with E-state index in [0.717, 1.165) is 51.4 Å². The highest BCUT2D eigenvalue weighted by atomic mass is 32.2. The predicted octanol–water partition coefficient (Wildman–Crippen LogP) is 4.24. The number of hydrogen-bond acceptors (Lipinski definition) is 4.